The molecule has 0 unspecified atom stereocenters. The van der Waals surface area contributed by atoms with Crippen molar-refractivity contribution < 1.29 is 22.8 Å². The SMILES string of the molecule is O=C(NCC(F)(F)F)[C@@H]1CCCN1C(=O)Nc1ccc(Cl)cc1. The highest BCUT2D eigenvalue weighted by Crippen LogP contribution is 2.21. The number of nitrogens with one attached hydrogen (secondary N) is 2. The zero-order chi connectivity index (χ0) is 17.0. The van der Waals surface area contributed by atoms with E-state index in [1.165, 1.54) is 4.90 Å². The van der Waals surface area contributed by atoms with Crippen LogP contribution in [0, 0.1) is 0 Å². The standard InChI is InChI=1S/C14H15ClF3N3O2/c15-9-3-5-10(6-4-9)20-13(23)21-7-1-2-11(21)12(22)19-8-14(16,17)18/h3-6,11H,1-2,7-8H2,(H,19,22)(H,20,23)/t11-/m0/s1. The van der Waals surface area contributed by atoms with Crippen molar-refractivity contribution in [2.75, 3.05) is 18.4 Å². The van der Waals surface area contributed by atoms with Gasteiger partial charge in [0.25, 0.3) is 0 Å². The molecule has 0 bridgehead atoms. The third-order valence-electron chi connectivity index (χ3n) is 3.37. The largest absolute Gasteiger partial charge is 0.405 e. The van der Waals surface area contributed by atoms with E-state index in [1.807, 2.05) is 5.32 Å². The summed E-state index contributed by atoms with van der Waals surface area (Å²) in [7, 11) is 0. The average Bonchev–Trinajstić information content (AvgIpc) is 2.96. The normalized spacial score (nSPS) is 17.9. The van der Waals surface area contributed by atoms with Gasteiger partial charge in [0.1, 0.15) is 12.6 Å². The van der Waals surface area contributed by atoms with Gasteiger partial charge in [-0.05, 0) is 37.1 Å². The van der Waals surface area contributed by atoms with Crippen molar-refractivity contribution >= 4 is 29.2 Å². The Morgan fingerprint density at radius 1 is 1.26 bits per heavy atom. The molecule has 1 aliphatic heterocycles. The molecular formula is C14H15ClF3N3O2. The zero-order valence-electron chi connectivity index (χ0n) is 12.0. The first-order valence-corrected chi connectivity index (χ1v) is 7.32. The monoisotopic (exact) mass is 349 g/mol. The van der Waals surface area contributed by atoms with Gasteiger partial charge in [-0.25, -0.2) is 4.79 Å². The van der Waals surface area contributed by atoms with Crippen molar-refractivity contribution in [2.45, 2.75) is 25.1 Å². The second kappa shape index (κ2) is 7.08. The van der Waals surface area contributed by atoms with Gasteiger partial charge >= 0.3 is 12.2 Å². The fourth-order valence-corrected chi connectivity index (χ4v) is 2.44. The molecule has 3 amide bonds. The Hall–Kier alpha value is -1.96. The van der Waals surface area contributed by atoms with Crippen LogP contribution < -0.4 is 10.6 Å². The minimum absolute atomic E-state index is 0.309. The third-order valence-corrected chi connectivity index (χ3v) is 3.63. The molecule has 9 heteroatoms. The van der Waals surface area contributed by atoms with Gasteiger partial charge in [0.05, 0.1) is 0 Å². The lowest BCUT2D eigenvalue weighted by Crippen LogP contribution is -2.49. The maximum absolute atomic E-state index is 12.2. The van der Waals surface area contributed by atoms with E-state index < -0.39 is 30.7 Å². The Morgan fingerprint density at radius 3 is 2.52 bits per heavy atom. The number of halogens is 4. The second-order valence-electron chi connectivity index (χ2n) is 5.12. The van der Waals surface area contributed by atoms with Crippen molar-refractivity contribution in [3.8, 4) is 0 Å². The van der Waals surface area contributed by atoms with E-state index in [1.54, 1.807) is 24.3 Å². The Kier molecular flexibility index (Phi) is 5.35. The van der Waals surface area contributed by atoms with Gasteiger partial charge in [0.2, 0.25) is 5.91 Å². The second-order valence-corrected chi connectivity index (χ2v) is 5.56. The van der Waals surface area contributed by atoms with Crippen molar-refractivity contribution in [3.63, 3.8) is 0 Å². The van der Waals surface area contributed by atoms with E-state index in [9.17, 15) is 22.8 Å². The summed E-state index contributed by atoms with van der Waals surface area (Å²) in [5, 5.41) is 4.92. The van der Waals surface area contributed by atoms with Crippen LogP contribution in [-0.4, -0.2) is 42.1 Å². The molecular weight excluding hydrogens is 335 g/mol. The molecule has 1 fully saturated rings. The van der Waals surface area contributed by atoms with Gasteiger partial charge in [-0.15, -0.1) is 0 Å². The van der Waals surface area contributed by atoms with Crippen LogP contribution in [0.2, 0.25) is 5.02 Å². The number of alkyl halides is 3. The molecule has 0 aromatic heterocycles. The number of hydrogen-bond acceptors (Lipinski definition) is 2. The molecule has 5 nitrogen and oxygen atoms in total. The number of likely N-dealkylation sites (tertiary alicyclic amines) is 1. The molecule has 1 heterocycles. The Balaban J connectivity index is 1.96. The van der Waals surface area contributed by atoms with E-state index in [-0.39, 0.29) is 0 Å². The smallest absolute Gasteiger partial charge is 0.345 e. The molecule has 0 radical (unpaired) electrons. The van der Waals surface area contributed by atoms with Crippen LogP contribution in [0.15, 0.2) is 24.3 Å². The first kappa shape index (κ1) is 17.4. The van der Waals surface area contributed by atoms with E-state index in [2.05, 4.69) is 5.32 Å². The number of nitrogens with zero attached hydrogens (tertiary/aromatic N) is 1. The highest BCUT2D eigenvalue weighted by Gasteiger charge is 2.36. The highest BCUT2D eigenvalue weighted by molar-refractivity contribution is 6.30. The van der Waals surface area contributed by atoms with Crippen molar-refractivity contribution in [1.29, 1.82) is 0 Å². The van der Waals surface area contributed by atoms with Crippen LogP contribution in [0.5, 0.6) is 0 Å². The minimum Gasteiger partial charge on any atom is -0.345 e. The lowest BCUT2D eigenvalue weighted by molar-refractivity contribution is -0.140. The molecule has 1 atom stereocenters. The van der Waals surface area contributed by atoms with Gasteiger partial charge in [-0.2, -0.15) is 13.2 Å². The summed E-state index contributed by atoms with van der Waals surface area (Å²) in [5.74, 6) is -0.800. The summed E-state index contributed by atoms with van der Waals surface area (Å²) in [6.45, 7) is -1.10. The predicted octanol–water partition coefficient (Wildman–Crippen LogP) is 3.01. The Labute approximate surface area is 135 Å². The molecule has 126 valence electrons. The lowest BCUT2D eigenvalue weighted by atomic mass is 10.2. The minimum atomic E-state index is -4.48. The van der Waals surface area contributed by atoms with Gasteiger partial charge < -0.3 is 15.5 Å². The number of amides is 3. The Morgan fingerprint density at radius 2 is 1.91 bits per heavy atom. The third kappa shape index (κ3) is 5.02. The quantitative estimate of drug-likeness (QED) is 0.881. The number of anilines is 1. The van der Waals surface area contributed by atoms with Crippen molar-refractivity contribution in [3.05, 3.63) is 29.3 Å². The molecule has 0 aliphatic carbocycles. The lowest BCUT2D eigenvalue weighted by Gasteiger charge is -2.24. The maximum Gasteiger partial charge on any atom is 0.405 e. The van der Waals surface area contributed by atoms with Gasteiger partial charge in [0.15, 0.2) is 0 Å². The summed E-state index contributed by atoms with van der Waals surface area (Å²) in [6.07, 6.45) is -3.60. The van der Waals surface area contributed by atoms with Crippen molar-refractivity contribution in [2.24, 2.45) is 0 Å². The number of benzene rings is 1. The number of carbonyl (C=O) groups excluding carboxylic acids is 2. The van der Waals surface area contributed by atoms with Crippen molar-refractivity contribution in [1.82, 2.24) is 10.2 Å². The first-order chi connectivity index (χ1) is 10.8. The molecule has 1 aromatic carbocycles. The zero-order valence-corrected chi connectivity index (χ0v) is 12.7. The van der Waals surface area contributed by atoms with Crippen LogP contribution in [-0.2, 0) is 4.79 Å². The van der Waals surface area contributed by atoms with Crippen LogP contribution in [0.3, 0.4) is 0 Å². The average molecular weight is 350 g/mol. The van der Waals surface area contributed by atoms with E-state index in [0.717, 1.165) is 0 Å². The predicted molar refractivity (Wildman–Crippen MR) is 79.3 cm³/mol. The maximum atomic E-state index is 12.2. The van der Waals surface area contributed by atoms with Crippen LogP contribution in [0.25, 0.3) is 0 Å². The summed E-state index contributed by atoms with van der Waals surface area (Å²) in [6, 6.07) is 4.94. The number of urea groups is 1. The van der Waals surface area contributed by atoms with Gasteiger partial charge in [0, 0.05) is 17.3 Å². The van der Waals surface area contributed by atoms with Gasteiger partial charge in [-0.3, -0.25) is 4.79 Å². The van der Waals surface area contributed by atoms with Crippen LogP contribution >= 0.6 is 11.6 Å². The van der Waals surface area contributed by atoms with Crippen LogP contribution in [0.1, 0.15) is 12.8 Å². The summed E-state index contributed by atoms with van der Waals surface area (Å²) in [4.78, 5) is 25.3. The fraction of sp³-hybridized carbons (Fsp3) is 0.429. The molecule has 0 spiro atoms. The highest BCUT2D eigenvalue weighted by atomic mass is 35.5. The fourth-order valence-electron chi connectivity index (χ4n) is 2.32. The Bertz CT molecular complexity index is 578. The summed E-state index contributed by atoms with van der Waals surface area (Å²) >= 11 is 5.74. The van der Waals surface area contributed by atoms with E-state index in [0.29, 0.717) is 30.1 Å². The van der Waals surface area contributed by atoms with E-state index >= 15 is 0 Å². The number of rotatable bonds is 3. The molecule has 1 aliphatic rings. The molecule has 0 saturated carbocycles. The summed E-state index contributed by atoms with van der Waals surface area (Å²) in [5.41, 5.74) is 0.487. The first-order valence-electron chi connectivity index (χ1n) is 6.94. The van der Waals surface area contributed by atoms with Gasteiger partial charge in [-0.1, -0.05) is 11.6 Å². The van der Waals surface area contributed by atoms with E-state index in [4.69, 9.17) is 11.6 Å². The molecule has 1 saturated heterocycles. The molecule has 23 heavy (non-hydrogen) atoms. The number of carbonyl (C=O) groups is 2. The number of hydrogen-bond donors (Lipinski definition) is 2. The summed E-state index contributed by atoms with van der Waals surface area (Å²) < 4.78 is 36.5. The molecule has 1 aromatic rings. The van der Waals surface area contributed by atoms with Crippen LogP contribution in [0.4, 0.5) is 23.7 Å². The molecule has 2 N–H and O–H groups in total. The molecule has 2 rings (SSSR count). The topological polar surface area (TPSA) is 61.4 Å².